The van der Waals surface area contributed by atoms with Gasteiger partial charge in [0, 0.05) is 16.6 Å². The minimum atomic E-state index is -1.32. The van der Waals surface area contributed by atoms with Crippen LogP contribution in [0.4, 0.5) is 0 Å². The summed E-state index contributed by atoms with van der Waals surface area (Å²) in [5.41, 5.74) is 6.42. The topological polar surface area (TPSA) is 97.5 Å². The number of hydrogen-bond donors (Lipinski definition) is 2. The molecule has 0 bridgehead atoms. The lowest BCUT2D eigenvalue weighted by atomic mass is 10.0. The molecule has 2 unspecified atom stereocenters. The zero-order valence-electron chi connectivity index (χ0n) is 9.96. The molecule has 0 fully saturated rings. The van der Waals surface area contributed by atoms with E-state index in [0.29, 0.717) is 5.56 Å². The van der Waals surface area contributed by atoms with Crippen molar-refractivity contribution in [2.75, 3.05) is 5.75 Å². The summed E-state index contributed by atoms with van der Waals surface area (Å²) in [7, 11) is -1.32. The van der Waals surface area contributed by atoms with Crippen LogP contribution in [0.1, 0.15) is 24.0 Å². The maximum Gasteiger partial charge on any atom is 0.310 e. The van der Waals surface area contributed by atoms with Crippen molar-refractivity contribution in [2.45, 2.75) is 18.6 Å². The zero-order chi connectivity index (χ0) is 13.7. The molecule has 1 amide bonds. The number of carboxylic acids is 1. The van der Waals surface area contributed by atoms with Crippen LogP contribution in [0.3, 0.4) is 0 Å². The molecular weight excluding hydrogens is 254 g/mol. The summed E-state index contributed by atoms with van der Waals surface area (Å²) in [5, 5.41) is 8.85. The van der Waals surface area contributed by atoms with Gasteiger partial charge in [-0.1, -0.05) is 24.3 Å². The number of rotatable bonds is 6. The van der Waals surface area contributed by atoms with E-state index in [0.717, 1.165) is 5.56 Å². The monoisotopic (exact) mass is 269 g/mol. The van der Waals surface area contributed by atoms with Crippen molar-refractivity contribution in [3.8, 4) is 0 Å². The number of primary amides is 1. The fraction of sp³-hybridized carbons (Fsp3) is 0.333. The maximum absolute atomic E-state index is 11.5. The Morgan fingerprint density at radius 1 is 1.33 bits per heavy atom. The van der Waals surface area contributed by atoms with Crippen LogP contribution in [0.2, 0.25) is 0 Å². The first-order chi connectivity index (χ1) is 8.40. The molecule has 98 valence electrons. The third-order valence-electron chi connectivity index (χ3n) is 2.48. The van der Waals surface area contributed by atoms with E-state index in [2.05, 4.69) is 0 Å². The molecule has 1 aromatic carbocycles. The van der Waals surface area contributed by atoms with Gasteiger partial charge in [-0.05, 0) is 18.1 Å². The molecule has 6 heteroatoms. The Morgan fingerprint density at radius 3 is 2.33 bits per heavy atom. The third-order valence-corrected chi connectivity index (χ3v) is 3.74. The Kier molecular flexibility index (Phi) is 5.03. The van der Waals surface area contributed by atoms with Crippen LogP contribution in [0.25, 0.3) is 0 Å². The zero-order valence-corrected chi connectivity index (χ0v) is 10.8. The SMILES string of the molecule is CC(C(=O)O)c1ccc(CS(=O)CC(N)=O)cc1. The van der Waals surface area contributed by atoms with Crippen LogP contribution in [0.15, 0.2) is 24.3 Å². The molecule has 2 atom stereocenters. The van der Waals surface area contributed by atoms with Crippen LogP contribution >= 0.6 is 0 Å². The van der Waals surface area contributed by atoms with Gasteiger partial charge in [-0.15, -0.1) is 0 Å². The molecule has 3 N–H and O–H groups in total. The molecule has 0 radical (unpaired) electrons. The summed E-state index contributed by atoms with van der Waals surface area (Å²) in [4.78, 5) is 21.4. The van der Waals surface area contributed by atoms with E-state index in [-0.39, 0.29) is 11.5 Å². The van der Waals surface area contributed by atoms with Crippen LogP contribution in [-0.4, -0.2) is 26.9 Å². The second kappa shape index (κ2) is 6.30. The van der Waals surface area contributed by atoms with E-state index >= 15 is 0 Å². The lowest BCUT2D eigenvalue weighted by Crippen LogP contribution is -2.20. The highest BCUT2D eigenvalue weighted by Crippen LogP contribution is 2.16. The number of carboxylic acid groups (broad SMARTS) is 1. The van der Waals surface area contributed by atoms with Crippen LogP contribution in [0.5, 0.6) is 0 Å². The van der Waals surface area contributed by atoms with Crippen LogP contribution in [0, 0.1) is 0 Å². The number of carbonyl (C=O) groups is 2. The molecule has 0 heterocycles. The first-order valence-corrected chi connectivity index (χ1v) is 6.84. The average molecular weight is 269 g/mol. The predicted molar refractivity (Wildman–Crippen MR) is 68.4 cm³/mol. The standard InChI is InChI=1S/C12H15NO4S/c1-8(12(15)16)10-4-2-9(3-5-10)6-18(17)7-11(13)14/h2-5,8H,6-7H2,1H3,(H2,13,14)(H,15,16). The molecule has 0 aliphatic rings. The van der Waals surface area contributed by atoms with Crippen molar-refractivity contribution in [2.24, 2.45) is 5.73 Å². The van der Waals surface area contributed by atoms with E-state index in [1.807, 2.05) is 0 Å². The number of amides is 1. The van der Waals surface area contributed by atoms with Crippen molar-refractivity contribution in [1.29, 1.82) is 0 Å². The van der Waals surface area contributed by atoms with E-state index in [1.54, 1.807) is 31.2 Å². The summed E-state index contributed by atoms with van der Waals surface area (Å²) < 4.78 is 11.5. The molecule has 0 spiro atoms. The van der Waals surface area contributed by atoms with Gasteiger partial charge >= 0.3 is 5.97 Å². The largest absolute Gasteiger partial charge is 0.481 e. The number of nitrogens with two attached hydrogens (primary N) is 1. The summed E-state index contributed by atoms with van der Waals surface area (Å²) in [5.74, 6) is -1.97. The van der Waals surface area contributed by atoms with Gasteiger partial charge in [0.15, 0.2) is 0 Å². The number of hydrogen-bond acceptors (Lipinski definition) is 3. The summed E-state index contributed by atoms with van der Waals surface area (Å²) in [6.07, 6.45) is 0. The molecule has 0 aliphatic heterocycles. The molecular formula is C12H15NO4S. The number of benzene rings is 1. The van der Waals surface area contributed by atoms with Crippen molar-refractivity contribution in [1.82, 2.24) is 0 Å². The number of aliphatic carboxylic acids is 1. The van der Waals surface area contributed by atoms with E-state index in [9.17, 15) is 13.8 Å². The molecule has 0 saturated carbocycles. The van der Waals surface area contributed by atoms with Crippen LogP contribution in [-0.2, 0) is 26.1 Å². The van der Waals surface area contributed by atoms with Crippen molar-refractivity contribution >= 4 is 22.7 Å². The van der Waals surface area contributed by atoms with Gasteiger partial charge in [-0.25, -0.2) is 0 Å². The second-order valence-corrected chi connectivity index (χ2v) is 5.45. The van der Waals surface area contributed by atoms with Crippen molar-refractivity contribution in [3.63, 3.8) is 0 Å². The molecule has 1 aromatic rings. The lowest BCUT2D eigenvalue weighted by molar-refractivity contribution is -0.138. The normalized spacial score (nSPS) is 13.8. The molecule has 0 saturated heterocycles. The first kappa shape index (κ1) is 14.4. The Labute approximate surface area is 107 Å². The quantitative estimate of drug-likeness (QED) is 0.790. The van der Waals surface area contributed by atoms with Gasteiger partial charge in [0.25, 0.3) is 0 Å². The Bertz CT molecular complexity index is 469. The van der Waals surface area contributed by atoms with Gasteiger partial charge in [0.2, 0.25) is 5.91 Å². The predicted octanol–water partition coefficient (Wildman–Crippen LogP) is 0.609. The summed E-state index contributed by atoms with van der Waals surface area (Å²) >= 11 is 0. The fourth-order valence-corrected chi connectivity index (χ4v) is 2.42. The van der Waals surface area contributed by atoms with Gasteiger partial charge in [-0.3, -0.25) is 13.8 Å². The Morgan fingerprint density at radius 2 is 1.89 bits per heavy atom. The highest BCUT2D eigenvalue weighted by molar-refractivity contribution is 7.84. The van der Waals surface area contributed by atoms with Gasteiger partial charge in [-0.2, -0.15) is 0 Å². The van der Waals surface area contributed by atoms with Crippen molar-refractivity contribution < 1.29 is 18.9 Å². The lowest BCUT2D eigenvalue weighted by Gasteiger charge is -2.07. The smallest absolute Gasteiger partial charge is 0.310 e. The van der Waals surface area contributed by atoms with E-state index in [1.165, 1.54) is 0 Å². The van der Waals surface area contributed by atoms with Gasteiger partial charge < -0.3 is 10.8 Å². The molecule has 18 heavy (non-hydrogen) atoms. The molecule has 1 rings (SSSR count). The highest BCUT2D eigenvalue weighted by Gasteiger charge is 2.13. The van der Waals surface area contributed by atoms with Gasteiger partial charge in [0.05, 0.1) is 5.92 Å². The fourth-order valence-electron chi connectivity index (χ4n) is 1.44. The maximum atomic E-state index is 11.5. The van der Waals surface area contributed by atoms with E-state index in [4.69, 9.17) is 10.8 Å². The molecule has 0 aliphatic carbocycles. The second-order valence-electron chi connectivity index (χ2n) is 4.00. The first-order valence-electron chi connectivity index (χ1n) is 5.35. The molecule has 0 aromatic heterocycles. The van der Waals surface area contributed by atoms with Gasteiger partial charge in [0.1, 0.15) is 5.75 Å². The van der Waals surface area contributed by atoms with E-state index < -0.39 is 28.6 Å². The number of carbonyl (C=O) groups excluding carboxylic acids is 1. The Hall–Kier alpha value is -1.69. The average Bonchev–Trinajstić information content (AvgIpc) is 2.27. The minimum Gasteiger partial charge on any atom is -0.481 e. The highest BCUT2D eigenvalue weighted by atomic mass is 32.2. The summed E-state index contributed by atoms with van der Waals surface area (Å²) in [6.45, 7) is 1.60. The van der Waals surface area contributed by atoms with Crippen LogP contribution < -0.4 is 5.73 Å². The summed E-state index contributed by atoms with van der Waals surface area (Å²) in [6, 6.07) is 6.81. The molecule has 5 nitrogen and oxygen atoms in total. The van der Waals surface area contributed by atoms with Crippen molar-refractivity contribution in [3.05, 3.63) is 35.4 Å². The minimum absolute atomic E-state index is 0.159. The third kappa shape index (κ3) is 4.29. The Balaban J connectivity index is 2.69.